The van der Waals surface area contributed by atoms with Crippen LogP contribution in [0.1, 0.15) is 5.56 Å². The summed E-state index contributed by atoms with van der Waals surface area (Å²) in [6.07, 6.45) is 1.09. The fraction of sp³-hybridized carbons (Fsp3) is 0.625. The number of alkyl halides is 2. The summed E-state index contributed by atoms with van der Waals surface area (Å²) in [6.45, 7) is 6.61. The molecule has 0 unspecified atom stereocenters. The summed E-state index contributed by atoms with van der Waals surface area (Å²) in [4.78, 5) is 4.69. The second-order valence-corrected chi connectivity index (χ2v) is 5.99. The molecule has 0 N–H and O–H groups in total. The first-order valence-electron chi connectivity index (χ1n) is 7.59. The third-order valence-corrected chi connectivity index (χ3v) is 4.17. The van der Waals surface area contributed by atoms with E-state index in [0.717, 1.165) is 52.4 Å². The number of ether oxygens (including phenoxy) is 1. The Morgan fingerprint density at radius 1 is 1.00 bits per heavy atom. The van der Waals surface area contributed by atoms with Gasteiger partial charge in [0.25, 0.3) is 0 Å². The van der Waals surface area contributed by atoms with Crippen LogP contribution < -0.4 is 4.90 Å². The zero-order valence-corrected chi connectivity index (χ0v) is 14.0. The van der Waals surface area contributed by atoms with E-state index in [0.29, 0.717) is 11.8 Å². The van der Waals surface area contributed by atoms with Crippen LogP contribution in [0.4, 0.5) is 5.69 Å². The molecule has 0 spiro atoms. The van der Waals surface area contributed by atoms with Gasteiger partial charge in [0.1, 0.15) is 0 Å². The molecule has 0 saturated carbocycles. The number of anilines is 1. The Kier molecular flexibility index (Phi) is 7.65. The second kappa shape index (κ2) is 9.52. The van der Waals surface area contributed by atoms with Crippen molar-refractivity contribution in [2.24, 2.45) is 0 Å². The van der Waals surface area contributed by atoms with Crippen LogP contribution in [0.2, 0.25) is 0 Å². The molecule has 3 nitrogen and oxygen atoms in total. The fourth-order valence-corrected chi connectivity index (χ4v) is 2.97. The summed E-state index contributed by atoms with van der Waals surface area (Å²) in [5.74, 6) is 1.24. The van der Waals surface area contributed by atoms with Gasteiger partial charge in [-0.2, -0.15) is 0 Å². The van der Waals surface area contributed by atoms with Crippen molar-refractivity contribution in [3.05, 3.63) is 29.8 Å². The molecule has 118 valence electrons. The molecule has 1 aromatic rings. The number of hydrogen-bond donors (Lipinski definition) is 0. The summed E-state index contributed by atoms with van der Waals surface area (Å²) >= 11 is 11.7. The van der Waals surface area contributed by atoms with E-state index in [9.17, 15) is 0 Å². The number of morpholine rings is 1. The Morgan fingerprint density at radius 2 is 1.62 bits per heavy atom. The van der Waals surface area contributed by atoms with Gasteiger partial charge in [0.05, 0.1) is 13.2 Å². The Bertz CT molecular complexity index is 388. The van der Waals surface area contributed by atoms with E-state index in [1.165, 1.54) is 11.3 Å². The molecule has 0 radical (unpaired) electrons. The van der Waals surface area contributed by atoms with Crippen LogP contribution in [-0.2, 0) is 11.2 Å². The lowest BCUT2D eigenvalue weighted by atomic mass is 10.1. The van der Waals surface area contributed by atoms with Gasteiger partial charge in [0, 0.05) is 50.2 Å². The average Bonchev–Trinajstić information content (AvgIpc) is 2.54. The molecular weight excluding hydrogens is 307 g/mol. The van der Waals surface area contributed by atoms with E-state index in [-0.39, 0.29) is 0 Å². The Labute approximate surface area is 137 Å². The van der Waals surface area contributed by atoms with Crippen molar-refractivity contribution in [3.8, 4) is 0 Å². The van der Waals surface area contributed by atoms with E-state index in [1.54, 1.807) is 0 Å². The van der Waals surface area contributed by atoms with Crippen molar-refractivity contribution in [2.75, 3.05) is 62.6 Å². The number of rotatable bonds is 8. The molecule has 0 aromatic heterocycles. The van der Waals surface area contributed by atoms with Gasteiger partial charge in [-0.3, -0.25) is 4.90 Å². The van der Waals surface area contributed by atoms with Crippen LogP contribution in [0, 0.1) is 0 Å². The summed E-state index contributed by atoms with van der Waals surface area (Å²) in [6, 6.07) is 8.78. The average molecular weight is 331 g/mol. The first-order valence-corrected chi connectivity index (χ1v) is 8.66. The molecule has 1 aromatic carbocycles. The van der Waals surface area contributed by atoms with Gasteiger partial charge in [-0.1, -0.05) is 12.1 Å². The van der Waals surface area contributed by atoms with E-state index in [4.69, 9.17) is 27.9 Å². The van der Waals surface area contributed by atoms with Crippen LogP contribution in [0.5, 0.6) is 0 Å². The number of hydrogen-bond acceptors (Lipinski definition) is 3. The van der Waals surface area contributed by atoms with Gasteiger partial charge in [-0.25, -0.2) is 0 Å². The largest absolute Gasteiger partial charge is 0.379 e. The van der Waals surface area contributed by atoms with Gasteiger partial charge >= 0.3 is 0 Å². The highest BCUT2D eigenvalue weighted by atomic mass is 35.5. The van der Waals surface area contributed by atoms with Crippen LogP contribution in [0.25, 0.3) is 0 Å². The minimum absolute atomic E-state index is 0.621. The van der Waals surface area contributed by atoms with Gasteiger partial charge in [-0.15, -0.1) is 23.2 Å². The van der Waals surface area contributed by atoms with E-state index >= 15 is 0 Å². The molecule has 0 aliphatic carbocycles. The van der Waals surface area contributed by atoms with Crippen molar-refractivity contribution in [2.45, 2.75) is 6.42 Å². The van der Waals surface area contributed by atoms with Crippen LogP contribution in [0.3, 0.4) is 0 Å². The first-order chi connectivity index (χ1) is 10.3. The molecule has 1 fully saturated rings. The molecule has 2 rings (SSSR count). The van der Waals surface area contributed by atoms with Gasteiger partial charge in [0.15, 0.2) is 0 Å². The number of benzene rings is 1. The predicted octanol–water partition coefficient (Wildman–Crippen LogP) is 2.85. The quantitative estimate of drug-likeness (QED) is 0.682. The Morgan fingerprint density at radius 3 is 2.19 bits per heavy atom. The molecule has 0 bridgehead atoms. The van der Waals surface area contributed by atoms with E-state index in [2.05, 4.69) is 34.1 Å². The van der Waals surface area contributed by atoms with Gasteiger partial charge in [0.2, 0.25) is 0 Å². The molecule has 21 heavy (non-hydrogen) atoms. The van der Waals surface area contributed by atoms with Crippen molar-refractivity contribution >= 4 is 28.9 Å². The summed E-state index contributed by atoms with van der Waals surface area (Å²) in [7, 11) is 0. The molecule has 1 saturated heterocycles. The monoisotopic (exact) mass is 330 g/mol. The lowest BCUT2D eigenvalue weighted by molar-refractivity contribution is 0.0384. The smallest absolute Gasteiger partial charge is 0.0594 e. The van der Waals surface area contributed by atoms with Crippen molar-refractivity contribution in [3.63, 3.8) is 0 Å². The number of nitrogens with zero attached hydrogens (tertiary/aromatic N) is 2. The summed E-state index contributed by atoms with van der Waals surface area (Å²) < 4.78 is 5.37. The van der Waals surface area contributed by atoms with E-state index < -0.39 is 0 Å². The lowest BCUT2D eigenvalue weighted by Gasteiger charge is -2.26. The third-order valence-electron chi connectivity index (χ3n) is 3.83. The minimum atomic E-state index is 0.621. The SMILES string of the molecule is ClCCN(CCCl)c1ccc(CCN2CCOCC2)cc1. The normalized spacial score (nSPS) is 16.1. The highest BCUT2D eigenvalue weighted by Gasteiger charge is 2.10. The van der Waals surface area contributed by atoms with Gasteiger partial charge in [-0.05, 0) is 24.1 Å². The highest BCUT2D eigenvalue weighted by Crippen LogP contribution is 2.16. The van der Waals surface area contributed by atoms with Crippen molar-refractivity contribution in [1.82, 2.24) is 4.90 Å². The molecule has 1 aliphatic rings. The van der Waals surface area contributed by atoms with Crippen molar-refractivity contribution < 1.29 is 4.74 Å². The summed E-state index contributed by atoms with van der Waals surface area (Å²) in [5.41, 5.74) is 2.58. The van der Waals surface area contributed by atoms with Crippen molar-refractivity contribution in [1.29, 1.82) is 0 Å². The summed E-state index contributed by atoms with van der Waals surface area (Å²) in [5, 5.41) is 0. The predicted molar refractivity (Wildman–Crippen MR) is 91.1 cm³/mol. The Hall–Kier alpha value is -0.480. The highest BCUT2D eigenvalue weighted by molar-refractivity contribution is 6.18. The van der Waals surface area contributed by atoms with E-state index in [1.807, 2.05) is 0 Å². The maximum Gasteiger partial charge on any atom is 0.0594 e. The molecule has 0 amide bonds. The standard InChI is InChI=1S/C16H24Cl2N2O/c17-6-9-20(10-7-18)16-3-1-15(2-4-16)5-8-19-11-13-21-14-12-19/h1-4H,5-14H2. The molecule has 5 heteroatoms. The van der Waals surface area contributed by atoms with Crippen LogP contribution in [-0.4, -0.2) is 62.6 Å². The molecule has 1 aliphatic heterocycles. The van der Waals surface area contributed by atoms with Gasteiger partial charge < -0.3 is 9.64 Å². The Balaban J connectivity index is 1.85. The lowest BCUT2D eigenvalue weighted by Crippen LogP contribution is -2.37. The zero-order valence-electron chi connectivity index (χ0n) is 12.4. The molecule has 0 atom stereocenters. The second-order valence-electron chi connectivity index (χ2n) is 5.24. The maximum atomic E-state index is 5.85. The molecule has 1 heterocycles. The first kappa shape index (κ1) is 16.9. The number of halogens is 2. The third kappa shape index (κ3) is 5.67. The maximum absolute atomic E-state index is 5.85. The fourth-order valence-electron chi connectivity index (χ4n) is 2.56. The topological polar surface area (TPSA) is 15.7 Å². The molecular formula is C16H24Cl2N2O. The zero-order chi connectivity index (χ0) is 14.9. The van der Waals surface area contributed by atoms with Crippen LogP contribution >= 0.6 is 23.2 Å². The van der Waals surface area contributed by atoms with Crippen LogP contribution in [0.15, 0.2) is 24.3 Å². The minimum Gasteiger partial charge on any atom is -0.379 e.